The van der Waals surface area contributed by atoms with Crippen LogP contribution in [0.4, 0.5) is 8.78 Å². The molecule has 0 unspecified atom stereocenters. The number of alkyl halides is 2. The van der Waals surface area contributed by atoms with Crippen molar-refractivity contribution in [2.75, 3.05) is 0 Å². The molecule has 1 nitrogen and oxygen atoms in total. The fourth-order valence-electron chi connectivity index (χ4n) is 0.413. The van der Waals surface area contributed by atoms with Crippen molar-refractivity contribution in [2.45, 2.75) is 12.5 Å². The fourth-order valence-corrected chi connectivity index (χ4v) is 0.413. The molecule has 0 fully saturated rings. The molecule has 0 aromatic heterocycles. The first-order valence-electron chi connectivity index (χ1n) is 2.17. The third kappa shape index (κ3) is 1.26. The summed E-state index contributed by atoms with van der Waals surface area (Å²) in [7, 11) is 0. The summed E-state index contributed by atoms with van der Waals surface area (Å²) in [4.78, 5) is 0. The Labute approximate surface area is 45.9 Å². The van der Waals surface area contributed by atoms with Gasteiger partial charge in [0.2, 0.25) is 0 Å². The van der Waals surface area contributed by atoms with Crippen molar-refractivity contribution in [1.82, 2.24) is 0 Å². The molecule has 3 heteroatoms. The van der Waals surface area contributed by atoms with Crippen LogP contribution in [0, 0.1) is 12.7 Å². The number of hydrogen-bond donors (Lipinski definition) is 0. The molecule has 0 aliphatic carbocycles. The Morgan fingerprint density at radius 2 is 2.38 bits per heavy atom. The van der Waals surface area contributed by atoms with Gasteiger partial charge in [0.05, 0.1) is 12.7 Å². The average Bonchev–Trinajstić information content (AvgIpc) is 1.65. The topological polar surface area (TPSA) is 9.23 Å². The molecule has 0 aromatic carbocycles. The van der Waals surface area contributed by atoms with Gasteiger partial charge < -0.3 is 4.74 Å². The summed E-state index contributed by atoms with van der Waals surface area (Å²) in [6.07, 6.45) is 0.216. The van der Waals surface area contributed by atoms with Gasteiger partial charge in [-0.2, -0.15) is 8.78 Å². The molecule has 44 valence electrons. The molecule has 1 rings (SSSR count). The van der Waals surface area contributed by atoms with Crippen molar-refractivity contribution in [1.29, 1.82) is 0 Å². The van der Waals surface area contributed by atoms with Crippen molar-refractivity contribution in [3.8, 4) is 0 Å². The maximum absolute atomic E-state index is 11.8. The summed E-state index contributed by atoms with van der Waals surface area (Å²) in [5, 5.41) is 0. The highest BCUT2D eigenvalue weighted by Crippen LogP contribution is 2.21. The average molecular weight is 118 g/mol. The van der Waals surface area contributed by atoms with Gasteiger partial charge in [0, 0.05) is 0 Å². The molecule has 0 amide bonds. The van der Waals surface area contributed by atoms with Crippen LogP contribution in [0.3, 0.4) is 0 Å². The molecule has 2 radical (unpaired) electrons. The normalized spacial score (nSPS) is 25.8. The molecule has 0 saturated carbocycles. The first-order valence-corrected chi connectivity index (χ1v) is 2.17. The molecule has 0 bridgehead atoms. The van der Waals surface area contributed by atoms with Crippen LogP contribution in [0.2, 0.25) is 0 Å². The Hall–Kier alpha value is -0.440. The highest BCUT2D eigenvalue weighted by Gasteiger charge is 2.28. The van der Waals surface area contributed by atoms with Crippen LogP contribution in [0.5, 0.6) is 0 Å². The van der Waals surface area contributed by atoms with E-state index in [1.807, 2.05) is 0 Å². The van der Waals surface area contributed by atoms with Gasteiger partial charge in [0.15, 0.2) is 0 Å². The van der Waals surface area contributed by atoms with Gasteiger partial charge in [0.1, 0.15) is 0 Å². The van der Waals surface area contributed by atoms with Crippen molar-refractivity contribution < 1.29 is 13.5 Å². The van der Waals surface area contributed by atoms with Crippen LogP contribution in [0.15, 0.2) is 6.08 Å². The van der Waals surface area contributed by atoms with Crippen LogP contribution in [0.1, 0.15) is 6.42 Å². The summed E-state index contributed by atoms with van der Waals surface area (Å²) in [6, 6.07) is 0. The second-order valence-electron chi connectivity index (χ2n) is 1.39. The molecule has 1 heterocycles. The maximum atomic E-state index is 11.8. The molecule has 8 heavy (non-hydrogen) atoms. The van der Waals surface area contributed by atoms with E-state index in [4.69, 9.17) is 0 Å². The Morgan fingerprint density at radius 3 is 2.62 bits per heavy atom. The Balaban J connectivity index is 2.56. The van der Waals surface area contributed by atoms with Gasteiger partial charge in [-0.3, -0.25) is 0 Å². The summed E-state index contributed by atoms with van der Waals surface area (Å²) in [5.41, 5.74) is 0. The minimum atomic E-state index is -3.18. The minimum absolute atomic E-state index is 0.412. The van der Waals surface area contributed by atoms with E-state index in [1.165, 1.54) is 6.08 Å². The van der Waals surface area contributed by atoms with E-state index in [0.717, 1.165) is 6.61 Å². The quantitative estimate of drug-likeness (QED) is 0.468. The van der Waals surface area contributed by atoms with Crippen molar-refractivity contribution >= 4 is 0 Å². The van der Waals surface area contributed by atoms with Crippen molar-refractivity contribution in [3.63, 3.8) is 0 Å². The van der Waals surface area contributed by atoms with Crippen LogP contribution < -0.4 is 0 Å². The van der Waals surface area contributed by atoms with Crippen LogP contribution >= 0.6 is 0 Å². The van der Waals surface area contributed by atoms with E-state index in [1.54, 1.807) is 6.08 Å². The monoisotopic (exact) mass is 118 g/mol. The molecule has 0 aromatic rings. The summed E-state index contributed by atoms with van der Waals surface area (Å²) >= 11 is 0. The second kappa shape index (κ2) is 1.82. The van der Waals surface area contributed by atoms with Gasteiger partial charge in [-0.05, 0) is 6.42 Å². The Kier molecular flexibility index (Phi) is 1.29. The lowest BCUT2D eigenvalue weighted by Crippen LogP contribution is -2.18. The third-order valence-electron chi connectivity index (χ3n) is 0.716. The van der Waals surface area contributed by atoms with Gasteiger partial charge in [-0.15, -0.1) is 0 Å². The van der Waals surface area contributed by atoms with E-state index in [0.29, 0.717) is 6.42 Å². The molecule has 0 atom stereocenters. The third-order valence-corrected chi connectivity index (χ3v) is 0.716. The van der Waals surface area contributed by atoms with Crippen LogP contribution in [-0.2, 0) is 4.74 Å². The Morgan fingerprint density at radius 1 is 1.62 bits per heavy atom. The number of halogens is 2. The SMILES string of the molecule is FC1(F)[C]=CC[CH]O1. The molecular weight excluding hydrogens is 114 g/mol. The van der Waals surface area contributed by atoms with Gasteiger partial charge in [-0.25, -0.2) is 0 Å². The maximum Gasteiger partial charge on any atom is 0.383 e. The molecule has 0 spiro atoms. The van der Waals surface area contributed by atoms with E-state index < -0.39 is 6.11 Å². The Bertz CT molecular complexity index is 109. The number of ether oxygens (including phenoxy) is 1. The van der Waals surface area contributed by atoms with Gasteiger partial charge >= 0.3 is 6.11 Å². The zero-order valence-electron chi connectivity index (χ0n) is 4.03. The first-order chi connectivity index (χ1) is 3.71. The molecule has 0 N–H and O–H groups in total. The van der Waals surface area contributed by atoms with E-state index in [2.05, 4.69) is 4.74 Å². The minimum Gasteiger partial charge on any atom is -0.310 e. The van der Waals surface area contributed by atoms with E-state index in [9.17, 15) is 8.78 Å². The second-order valence-corrected chi connectivity index (χ2v) is 1.39. The number of hydrogen-bond acceptors (Lipinski definition) is 1. The van der Waals surface area contributed by atoms with Crippen LogP contribution in [-0.4, -0.2) is 6.11 Å². The van der Waals surface area contributed by atoms with Crippen molar-refractivity contribution in [3.05, 3.63) is 18.8 Å². The standard InChI is InChI=1S/C5H4F2O/c6-5(7)3-1-2-4-8-5/h1,4H,2H2. The molecule has 0 saturated heterocycles. The van der Waals surface area contributed by atoms with Crippen LogP contribution in [0.25, 0.3) is 0 Å². The number of rotatable bonds is 0. The molecule has 1 aliphatic rings. The first kappa shape index (κ1) is 5.69. The predicted molar refractivity (Wildman–Crippen MR) is 22.8 cm³/mol. The summed E-state index contributed by atoms with van der Waals surface area (Å²) < 4.78 is 27.5. The molecular formula is C5H4F2O. The largest absolute Gasteiger partial charge is 0.383 e. The van der Waals surface area contributed by atoms with Gasteiger partial charge in [0.25, 0.3) is 0 Å². The lowest BCUT2D eigenvalue weighted by Gasteiger charge is -2.13. The smallest absolute Gasteiger partial charge is 0.310 e. The lowest BCUT2D eigenvalue weighted by atomic mass is 10.3. The van der Waals surface area contributed by atoms with Crippen molar-refractivity contribution in [2.24, 2.45) is 0 Å². The predicted octanol–water partition coefficient (Wildman–Crippen LogP) is 1.52. The van der Waals surface area contributed by atoms with E-state index >= 15 is 0 Å². The van der Waals surface area contributed by atoms with E-state index in [-0.39, 0.29) is 0 Å². The highest BCUT2D eigenvalue weighted by molar-refractivity contribution is 4.88. The molecule has 1 aliphatic heterocycles. The zero-order chi connectivity index (χ0) is 6.04. The van der Waals surface area contributed by atoms with Gasteiger partial charge in [-0.1, -0.05) is 6.08 Å². The highest BCUT2D eigenvalue weighted by atomic mass is 19.3. The zero-order valence-corrected chi connectivity index (χ0v) is 4.03. The fraction of sp³-hybridized carbons (Fsp3) is 0.400. The summed E-state index contributed by atoms with van der Waals surface area (Å²) in [5.74, 6) is 0. The lowest BCUT2D eigenvalue weighted by molar-refractivity contribution is -0.189. The summed E-state index contributed by atoms with van der Waals surface area (Å²) in [6.45, 7) is 1.05.